The van der Waals surface area contributed by atoms with Crippen LogP contribution in [-0.2, 0) is 18.3 Å². The van der Waals surface area contributed by atoms with Gasteiger partial charge in [0.25, 0.3) is 7.82 Å². The van der Waals surface area contributed by atoms with Gasteiger partial charge in [0.1, 0.15) is 7.85 Å². The summed E-state index contributed by atoms with van der Waals surface area (Å²) in [7, 11) is 1.47. The second-order valence-corrected chi connectivity index (χ2v) is 6.62. The largest absolute Gasteiger partial charge is 0.756 e. The Morgan fingerprint density at radius 1 is 1.44 bits per heavy atom. The molecule has 18 heavy (non-hydrogen) atoms. The molecule has 2 radical (unpaired) electrons. The topological polar surface area (TPSA) is 67.8 Å². The van der Waals surface area contributed by atoms with E-state index in [1.807, 2.05) is 0 Å². The minimum Gasteiger partial charge on any atom is -0.756 e. The Morgan fingerprint density at radius 3 is 2.56 bits per heavy atom. The van der Waals surface area contributed by atoms with Crippen molar-refractivity contribution in [2.24, 2.45) is 11.8 Å². The van der Waals surface area contributed by atoms with Gasteiger partial charge in [0.2, 0.25) is 0 Å². The fraction of sp³-hybridized carbons (Fsp3) is 1.00. The van der Waals surface area contributed by atoms with Gasteiger partial charge in [-0.25, -0.2) is 0 Å². The Balaban J connectivity index is 2.49. The molecule has 0 aromatic carbocycles. The third-order valence-corrected chi connectivity index (χ3v) is 4.07. The van der Waals surface area contributed by atoms with Gasteiger partial charge in [-0.05, 0) is 32.1 Å². The number of phosphoric acid groups is 1. The maximum Gasteiger partial charge on any atom is 0.268 e. The predicted molar refractivity (Wildman–Crippen MR) is 67.1 cm³/mol. The zero-order valence-corrected chi connectivity index (χ0v) is 12.3. The molecule has 0 spiro atoms. The second-order valence-electron chi connectivity index (χ2n) is 5.25. The normalized spacial score (nSPS) is 32.1. The van der Waals surface area contributed by atoms with Crippen molar-refractivity contribution in [1.29, 1.82) is 0 Å². The summed E-state index contributed by atoms with van der Waals surface area (Å²) in [6.07, 6.45) is -0.00102. The molecule has 4 atom stereocenters. The fourth-order valence-corrected chi connectivity index (χ4v) is 3.03. The van der Waals surface area contributed by atoms with Gasteiger partial charge < -0.3 is 18.7 Å². The van der Waals surface area contributed by atoms with Gasteiger partial charge in [-0.3, -0.25) is 4.57 Å². The second kappa shape index (κ2) is 6.53. The lowest BCUT2D eigenvalue weighted by molar-refractivity contribution is -0.230. The number of hydrogen-bond donors (Lipinski definition) is 0. The van der Waals surface area contributed by atoms with Crippen molar-refractivity contribution in [2.45, 2.75) is 52.3 Å². The fourth-order valence-electron chi connectivity index (χ4n) is 2.12. The first-order valence-electron chi connectivity index (χ1n) is 6.26. The molecule has 104 valence electrons. The van der Waals surface area contributed by atoms with Crippen LogP contribution in [0.4, 0.5) is 0 Å². The molecule has 1 fully saturated rings. The molecule has 5 nitrogen and oxygen atoms in total. The quantitative estimate of drug-likeness (QED) is 0.542. The van der Waals surface area contributed by atoms with E-state index >= 15 is 0 Å². The molecule has 0 amide bonds. The van der Waals surface area contributed by atoms with Crippen LogP contribution in [0.3, 0.4) is 0 Å². The Labute approximate surface area is 110 Å². The highest BCUT2D eigenvalue weighted by Crippen LogP contribution is 2.41. The highest BCUT2D eigenvalue weighted by atomic mass is 31.2. The van der Waals surface area contributed by atoms with Crippen LogP contribution in [0.1, 0.15) is 34.1 Å². The van der Waals surface area contributed by atoms with Crippen molar-refractivity contribution in [2.75, 3.05) is 6.61 Å². The molecule has 0 saturated carbocycles. The molecular weight excluding hydrogens is 254 g/mol. The number of rotatable bonds is 6. The SMILES string of the molecule is [B][C@H]1C[C@@H](C(C)C)[C@@H](COP(=O)([O-])OC(C)C)O1. The lowest BCUT2D eigenvalue weighted by Gasteiger charge is -2.28. The Hall–Kier alpha value is 0.135. The van der Waals surface area contributed by atoms with Crippen molar-refractivity contribution in [3.8, 4) is 0 Å². The van der Waals surface area contributed by atoms with Crippen LogP contribution in [0.25, 0.3) is 0 Å². The van der Waals surface area contributed by atoms with Crippen molar-refractivity contribution < 1.29 is 23.2 Å². The molecule has 1 heterocycles. The van der Waals surface area contributed by atoms with Crippen LogP contribution in [0.15, 0.2) is 0 Å². The van der Waals surface area contributed by atoms with E-state index in [1.54, 1.807) is 13.8 Å². The maximum atomic E-state index is 11.5. The van der Waals surface area contributed by atoms with Gasteiger partial charge in [0.15, 0.2) is 0 Å². The molecule has 0 bridgehead atoms. The standard InChI is InChI=1S/C11H22BO5P/c1-7(2)9-5-11(12)16-10(9)6-15-18(13,14)17-8(3)4/h7-11H,5-6H2,1-4H3,(H,13,14)/p-1/t9-,10+,11+/m0/s1. The van der Waals surface area contributed by atoms with Gasteiger partial charge in [-0.15, -0.1) is 0 Å². The van der Waals surface area contributed by atoms with Crippen LogP contribution < -0.4 is 4.89 Å². The van der Waals surface area contributed by atoms with E-state index in [0.29, 0.717) is 5.92 Å². The summed E-state index contributed by atoms with van der Waals surface area (Å²) in [4.78, 5) is 11.5. The zero-order valence-electron chi connectivity index (χ0n) is 11.4. The van der Waals surface area contributed by atoms with Crippen molar-refractivity contribution in [1.82, 2.24) is 0 Å². The van der Waals surface area contributed by atoms with Crippen LogP contribution in [0.2, 0.25) is 0 Å². The maximum absolute atomic E-state index is 11.5. The van der Waals surface area contributed by atoms with Gasteiger partial charge >= 0.3 is 0 Å². The summed E-state index contributed by atoms with van der Waals surface area (Å²) in [5.74, 6) is 0.572. The van der Waals surface area contributed by atoms with Crippen LogP contribution >= 0.6 is 7.82 Å². The average Bonchev–Trinajstić information content (AvgIpc) is 2.55. The Bertz CT molecular complexity index is 310. The number of hydrogen-bond acceptors (Lipinski definition) is 5. The lowest BCUT2D eigenvalue weighted by atomic mass is 9.84. The minimum atomic E-state index is -4.25. The number of phosphoric ester groups is 1. The Morgan fingerprint density at radius 2 is 2.06 bits per heavy atom. The van der Waals surface area contributed by atoms with E-state index in [2.05, 4.69) is 13.8 Å². The highest BCUT2D eigenvalue weighted by Gasteiger charge is 2.35. The molecule has 0 aromatic rings. The third kappa shape index (κ3) is 5.02. The monoisotopic (exact) mass is 275 g/mol. The predicted octanol–water partition coefficient (Wildman–Crippen LogP) is 1.45. The van der Waals surface area contributed by atoms with Gasteiger partial charge in [-0.2, -0.15) is 0 Å². The molecule has 7 heteroatoms. The van der Waals surface area contributed by atoms with E-state index in [9.17, 15) is 9.46 Å². The molecule has 0 N–H and O–H groups in total. The molecule has 0 aromatic heterocycles. The first-order valence-corrected chi connectivity index (χ1v) is 7.72. The average molecular weight is 275 g/mol. The zero-order chi connectivity index (χ0) is 13.9. The van der Waals surface area contributed by atoms with Crippen molar-refractivity contribution in [3.05, 3.63) is 0 Å². The van der Waals surface area contributed by atoms with E-state index in [-0.39, 0.29) is 24.6 Å². The molecular formula is C11H21BO5P-. The van der Waals surface area contributed by atoms with Crippen LogP contribution in [0, 0.1) is 11.8 Å². The van der Waals surface area contributed by atoms with Gasteiger partial charge in [0, 0.05) is 6.00 Å². The molecule has 1 aliphatic heterocycles. The molecule has 0 aliphatic carbocycles. The third-order valence-electron chi connectivity index (χ3n) is 2.92. The molecule has 1 saturated heterocycles. The van der Waals surface area contributed by atoms with Crippen molar-refractivity contribution in [3.63, 3.8) is 0 Å². The summed E-state index contributed by atoms with van der Waals surface area (Å²) in [5, 5.41) is 0. The van der Waals surface area contributed by atoms with E-state index in [1.165, 1.54) is 0 Å². The Kier molecular flexibility index (Phi) is 5.87. The number of ether oxygens (including phenoxy) is 1. The van der Waals surface area contributed by atoms with E-state index < -0.39 is 13.9 Å². The van der Waals surface area contributed by atoms with Crippen LogP contribution in [-0.4, -0.2) is 32.7 Å². The van der Waals surface area contributed by atoms with Crippen molar-refractivity contribution >= 4 is 15.7 Å². The summed E-state index contributed by atoms with van der Waals surface area (Å²) in [6.45, 7) is 7.34. The summed E-state index contributed by atoms with van der Waals surface area (Å²) in [5.41, 5.74) is 0. The van der Waals surface area contributed by atoms with Crippen LogP contribution in [0.5, 0.6) is 0 Å². The molecule has 1 unspecified atom stereocenters. The first kappa shape index (κ1) is 16.2. The van der Waals surface area contributed by atoms with Gasteiger partial charge in [-0.1, -0.05) is 13.8 Å². The van der Waals surface area contributed by atoms with E-state index in [0.717, 1.165) is 6.42 Å². The summed E-state index contributed by atoms with van der Waals surface area (Å²) in [6, 6.07) is -0.344. The van der Waals surface area contributed by atoms with Gasteiger partial charge in [0.05, 0.1) is 18.8 Å². The lowest BCUT2D eigenvalue weighted by Crippen LogP contribution is -2.27. The summed E-state index contributed by atoms with van der Waals surface area (Å²) < 4.78 is 26.5. The minimum absolute atomic E-state index is 0.0377. The smallest absolute Gasteiger partial charge is 0.268 e. The van der Waals surface area contributed by atoms with E-state index in [4.69, 9.17) is 21.6 Å². The first-order chi connectivity index (χ1) is 8.21. The summed E-state index contributed by atoms with van der Waals surface area (Å²) >= 11 is 0. The highest BCUT2D eigenvalue weighted by molar-refractivity contribution is 7.45. The molecule has 1 rings (SSSR count). The molecule has 1 aliphatic rings.